The molecule has 0 unspecified atom stereocenters. The molecule has 0 aliphatic carbocycles. The third-order valence-electron chi connectivity index (χ3n) is 1.72. The van der Waals surface area contributed by atoms with Crippen LogP contribution in [0.25, 0.3) is 0 Å². The summed E-state index contributed by atoms with van der Waals surface area (Å²) in [5.41, 5.74) is 0. The Hall–Kier alpha value is -0.440. The topological polar surface area (TPSA) is 21.8 Å². The van der Waals surface area contributed by atoms with Crippen LogP contribution in [-0.4, -0.2) is 19.3 Å². The number of hydrogen-bond donors (Lipinski definition) is 0. The third kappa shape index (κ3) is 2.50. The Kier molecular flexibility index (Phi) is 2.63. The normalized spacial score (nSPS) is 20.0. The van der Waals surface area contributed by atoms with E-state index in [4.69, 9.17) is 32.7 Å². The first-order chi connectivity index (χ1) is 6.25. The predicted octanol–water partition coefficient (Wildman–Crippen LogP) is 2.77. The fourth-order valence-electron chi connectivity index (χ4n) is 0.939. The average Bonchev–Trinajstić information content (AvgIpc) is 2.86. The number of epoxide rings is 1. The minimum absolute atomic E-state index is 0.242. The molecule has 1 aromatic rings. The number of rotatable bonds is 3. The Labute approximate surface area is 86.4 Å². The molecule has 1 saturated heterocycles. The number of benzene rings is 1. The molecule has 1 aliphatic heterocycles. The molecule has 13 heavy (non-hydrogen) atoms. The second-order valence-corrected chi connectivity index (χ2v) is 3.68. The molecule has 0 N–H and O–H groups in total. The van der Waals surface area contributed by atoms with Gasteiger partial charge in [-0.1, -0.05) is 23.2 Å². The molecule has 0 bridgehead atoms. The highest BCUT2D eigenvalue weighted by atomic mass is 35.5. The second-order valence-electron chi connectivity index (χ2n) is 2.84. The summed E-state index contributed by atoms with van der Waals surface area (Å²) < 4.78 is 10.4. The van der Waals surface area contributed by atoms with Crippen molar-refractivity contribution in [2.75, 3.05) is 13.2 Å². The van der Waals surface area contributed by atoms with E-state index in [1.807, 2.05) is 0 Å². The van der Waals surface area contributed by atoms with Gasteiger partial charge in [0, 0.05) is 5.02 Å². The number of halogens is 2. The molecule has 0 aromatic heterocycles. The largest absolute Gasteiger partial charge is 0.489 e. The van der Waals surface area contributed by atoms with Gasteiger partial charge in [-0.15, -0.1) is 0 Å². The highest BCUT2D eigenvalue weighted by Gasteiger charge is 2.23. The monoisotopic (exact) mass is 218 g/mol. The first kappa shape index (κ1) is 9.13. The smallest absolute Gasteiger partial charge is 0.138 e. The number of ether oxygens (including phenoxy) is 2. The summed E-state index contributed by atoms with van der Waals surface area (Å²) >= 11 is 11.6. The lowest BCUT2D eigenvalue weighted by Crippen LogP contribution is -2.04. The highest BCUT2D eigenvalue weighted by molar-refractivity contribution is 6.35. The van der Waals surface area contributed by atoms with Gasteiger partial charge in [0.2, 0.25) is 0 Å². The Bertz CT molecular complexity index is 310. The Balaban J connectivity index is 2.01. The average molecular weight is 219 g/mol. The lowest BCUT2D eigenvalue weighted by molar-refractivity contribution is 0.263. The van der Waals surface area contributed by atoms with E-state index in [1.54, 1.807) is 18.2 Å². The molecule has 1 heterocycles. The van der Waals surface area contributed by atoms with Crippen molar-refractivity contribution in [1.29, 1.82) is 0 Å². The lowest BCUT2D eigenvalue weighted by atomic mass is 10.3. The van der Waals surface area contributed by atoms with Gasteiger partial charge >= 0.3 is 0 Å². The van der Waals surface area contributed by atoms with Crippen LogP contribution in [0.4, 0.5) is 0 Å². The van der Waals surface area contributed by atoms with Gasteiger partial charge in [-0.25, -0.2) is 0 Å². The van der Waals surface area contributed by atoms with E-state index < -0.39 is 0 Å². The fourth-order valence-corrected chi connectivity index (χ4v) is 1.40. The van der Waals surface area contributed by atoms with Crippen LogP contribution in [0.3, 0.4) is 0 Å². The maximum Gasteiger partial charge on any atom is 0.138 e. The molecular weight excluding hydrogens is 211 g/mol. The second kappa shape index (κ2) is 3.74. The summed E-state index contributed by atoms with van der Waals surface area (Å²) in [7, 11) is 0. The van der Waals surface area contributed by atoms with Crippen LogP contribution in [0, 0.1) is 0 Å². The van der Waals surface area contributed by atoms with Gasteiger partial charge in [-0.05, 0) is 18.2 Å². The van der Waals surface area contributed by atoms with E-state index >= 15 is 0 Å². The third-order valence-corrected chi connectivity index (χ3v) is 2.25. The molecule has 0 spiro atoms. The molecule has 2 rings (SSSR count). The van der Waals surface area contributed by atoms with E-state index in [1.165, 1.54) is 0 Å². The van der Waals surface area contributed by atoms with Crippen LogP contribution >= 0.6 is 23.2 Å². The van der Waals surface area contributed by atoms with Crippen LogP contribution in [0.15, 0.2) is 18.2 Å². The molecule has 0 saturated carbocycles. The molecule has 70 valence electrons. The van der Waals surface area contributed by atoms with E-state index in [0.29, 0.717) is 22.4 Å². The molecule has 0 radical (unpaired) electrons. The standard InChI is InChI=1S/C9H8Cl2O2/c10-6-1-2-9(8(11)3-6)13-5-7-4-12-7/h1-3,7H,4-5H2/t7-/m1/s1. The lowest BCUT2D eigenvalue weighted by Gasteiger charge is -2.05. The molecule has 1 aliphatic rings. The Morgan fingerprint density at radius 2 is 2.23 bits per heavy atom. The minimum atomic E-state index is 0.242. The van der Waals surface area contributed by atoms with Crippen molar-refractivity contribution in [3.05, 3.63) is 28.2 Å². The van der Waals surface area contributed by atoms with Crippen molar-refractivity contribution in [2.45, 2.75) is 6.10 Å². The molecule has 1 aromatic carbocycles. The van der Waals surface area contributed by atoms with Crippen LogP contribution in [0.2, 0.25) is 10.0 Å². The molecule has 0 amide bonds. The molecule has 2 nitrogen and oxygen atoms in total. The maximum absolute atomic E-state index is 5.88. The van der Waals surface area contributed by atoms with E-state index in [2.05, 4.69) is 0 Å². The highest BCUT2D eigenvalue weighted by Crippen LogP contribution is 2.28. The van der Waals surface area contributed by atoms with Crippen LogP contribution in [-0.2, 0) is 4.74 Å². The first-order valence-electron chi connectivity index (χ1n) is 3.95. The van der Waals surface area contributed by atoms with Gasteiger partial charge in [0.1, 0.15) is 18.5 Å². The zero-order valence-corrected chi connectivity index (χ0v) is 8.31. The van der Waals surface area contributed by atoms with Crippen molar-refractivity contribution in [2.24, 2.45) is 0 Å². The molecule has 1 fully saturated rings. The van der Waals surface area contributed by atoms with Gasteiger partial charge in [-0.3, -0.25) is 0 Å². The van der Waals surface area contributed by atoms with Crippen molar-refractivity contribution in [1.82, 2.24) is 0 Å². The Morgan fingerprint density at radius 1 is 1.46 bits per heavy atom. The van der Waals surface area contributed by atoms with Crippen molar-refractivity contribution in [3.63, 3.8) is 0 Å². The van der Waals surface area contributed by atoms with Gasteiger partial charge in [0.15, 0.2) is 0 Å². The summed E-state index contributed by atoms with van der Waals surface area (Å²) in [6.45, 7) is 1.34. The molecule has 1 atom stereocenters. The quantitative estimate of drug-likeness (QED) is 0.729. The minimum Gasteiger partial charge on any atom is -0.489 e. The van der Waals surface area contributed by atoms with E-state index in [9.17, 15) is 0 Å². The maximum atomic E-state index is 5.88. The molecular formula is C9H8Cl2O2. The summed E-state index contributed by atoms with van der Waals surface area (Å²) in [4.78, 5) is 0. The van der Waals surface area contributed by atoms with Crippen molar-refractivity contribution in [3.8, 4) is 5.75 Å². The van der Waals surface area contributed by atoms with Crippen molar-refractivity contribution < 1.29 is 9.47 Å². The van der Waals surface area contributed by atoms with Crippen molar-refractivity contribution >= 4 is 23.2 Å². The summed E-state index contributed by atoms with van der Waals surface area (Å²) in [6.07, 6.45) is 0.242. The predicted molar refractivity (Wildman–Crippen MR) is 51.7 cm³/mol. The van der Waals surface area contributed by atoms with Gasteiger partial charge in [0.25, 0.3) is 0 Å². The van der Waals surface area contributed by atoms with Gasteiger partial charge < -0.3 is 9.47 Å². The van der Waals surface area contributed by atoms with Crippen LogP contribution in [0.1, 0.15) is 0 Å². The fraction of sp³-hybridized carbons (Fsp3) is 0.333. The van der Waals surface area contributed by atoms with E-state index in [0.717, 1.165) is 6.61 Å². The van der Waals surface area contributed by atoms with Crippen LogP contribution in [0.5, 0.6) is 5.75 Å². The van der Waals surface area contributed by atoms with E-state index in [-0.39, 0.29) is 6.10 Å². The van der Waals surface area contributed by atoms with Crippen LogP contribution < -0.4 is 4.74 Å². The van der Waals surface area contributed by atoms with Gasteiger partial charge in [0.05, 0.1) is 11.6 Å². The zero-order chi connectivity index (χ0) is 9.26. The summed E-state index contributed by atoms with van der Waals surface area (Å²) in [6, 6.07) is 5.16. The number of hydrogen-bond acceptors (Lipinski definition) is 2. The summed E-state index contributed by atoms with van der Waals surface area (Å²) in [5.74, 6) is 0.654. The zero-order valence-electron chi connectivity index (χ0n) is 6.80. The van der Waals surface area contributed by atoms with Gasteiger partial charge in [-0.2, -0.15) is 0 Å². The first-order valence-corrected chi connectivity index (χ1v) is 4.71. The molecule has 4 heteroatoms. The SMILES string of the molecule is Clc1ccc(OC[C@H]2CO2)c(Cl)c1. The Morgan fingerprint density at radius 3 is 2.85 bits per heavy atom. The summed E-state index contributed by atoms with van der Waals surface area (Å²) in [5, 5.41) is 1.15.